The van der Waals surface area contributed by atoms with Gasteiger partial charge < -0.3 is 4.74 Å². The van der Waals surface area contributed by atoms with E-state index in [0.29, 0.717) is 0 Å². The highest BCUT2D eigenvalue weighted by Crippen LogP contribution is 2.09. The van der Waals surface area contributed by atoms with Crippen molar-refractivity contribution in [2.24, 2.45) is 0 Å². The second-order valence-electron chi connectivity index (χ2n) is 3.52. The van der Waals surface area contributed by atoms with Crippen LogP contribution in [0.1, 0.15) is 12.5 Å². The number of hydroxylamine groups is 2. The Morgan fingerprint density at radius 2 is 1.94 bits per heavy atom. The van der Waals surface area contributed by atoms with Gasteiger partial charge in [0.25, 0.3) is 0 Å². The zero-order valence-corrected chi connectivity index (χ0v) is 9.84. The van der Waals surface area contributed by atoms with E-state index in [2.05, 4.69) is 4.74 Å². The van der Waals surface area contributed by atoms with Gasteiger partial charge in [0, 0.05) is 0 Å². The molecule has 0 heterocycles. The zero-order valence-electron chi connectivity index (χ0n) is 9.84. The SMILES string of the molecule is COC(=O)N(OC)[C@H](C)Cc1ccccc1. The molecule has 0 aromatic heterocycles. The number of hydrogen-bond acceptors (Lipinski definition) is 3. The van der Waals surface area contributed by atoms with Crippen LogP contribution in [0.5, 0.6) is 0 Å². The average molecular weight is 223 g/mol. The van der Waals surface area contributed by atoms with Crippen LogP contribution in [0.4, 0.5) is 4.79 Å². The molecule has 4 nitrogen and oxygen atoms in total. The molecular formula is C12H17NO3. The molecule has 1 aromatic carbocycles. The fourth-order valence-electron chi connectivity index (χ4n) is 1.56. The topological polar surface area (TPSA) is 38.8 Å². The number of nitrogens with zero attached hydrogens (tertiary/aromatic N) is 1. The number of carbonyl (C=O) groups excluding carboxylic acids is 1. The molecule has 4 heteroatoms. The molecule has 0 spiro atoms. The Balaban J connectivity index is 2.63. The molecule has 0 fully saturated rings. The van der Waals surface area contributed by atoms with Crippen molar-refractivity contribution < 1.29 is 14.4 Å². The first-order valence-corrected chi connectivity index (χ1v) is 5.14. The van der Waals surface area contributed by atoms with E-state index in [1.807, 2.05) is 37.3 Å². The minimum Gasteiger partial charge on any atom is -0.451 e. The van der Waals surface area contributed by atoms with Crippen molar-refractivity contribution >= 4 is 6.09 Å². The Morgan fingerprint density at radius 3 is 2.44 bits per heavy atom. The van der Waals surface area contributed by atoms with Crippen molar-refractivity contribution in [1.29, 1.82) is 0 Å². The van der Waals surface area contributed by atoms with Gasteiger partial charge in [-0.15, -0.1) is 0 Å². The molecule has 0 radical (unpaired) electrons. The number of methoxy groups -OCH3 is 1. The number of carbonyl (C=O) groups is 1. The van der Waals surface area contributed by atoms with Gasteiger partial charge in [-0.25, -0.2) is 4.79 Å². The lowest BCUT2D eigenvalue weighted by Crippen LogP contribution is -2.38. The van der Waals surface area contributed by atoms with Gasteiger partial charge in [0.15, 0.2) is 0 Å². The lowest BCUT2D eigenvalue weighted by molar-refractivity contribution is -0.130. The largest absolute Gasteiger partial charge is 0.451 e. The quantitative estimate of drug-likeness (QED) is 0.735. The van der Waals surface area contributed by atoms with E-state index in [9.17, 15) is 4.79 Å². The van der Waals surface area contributed by atoms with Crippen LogP contribution in [0, 0.1) is 0 Å². The summed E-state index contributed by atoms with van der Waals surface area (Å²) in [5, 5.41) is 1.23. The molecule has 0 saturated carbocycles. The highest BCUT2D eigenvalue weighted by Gasteiger charge is 2.20. The first kappa shape index (κ1) is 12.5. The summed E-state index contributed by atoms with van der Waals surface area (Å²) in [6.07, 6.45) is 0.245. The summed E-state index contributed by atoms with van der Waals surface area (Å²) in [5.74, 6) is 0. The van der Waals surface area contributed by atoms with Crippen LogP contribution < -0.4 is 0 Å². The monoisotopic (exact) mass is 223 g/mol. The van der Waals surface area contributed by atoms with Crippen LogP contribution >= 0.6 is 0 Å². The molecule has 0 saturated heterocycles. The molecule has 0 N–H and O–H groups in total. The van der Waals surface area contributed by atoms with Gasteiger partial charge in [0.2, 0.25) is 0 Å². The fraction of sp³-hybridized carbons (Fsp3) is 0.417. The van der Waals surface area contributed by atoms with E-state index in [4.69, 9.17) is 4.84 Å². The van der Waals surface area contributed by atoms with E-state index in [1.54, 1.807) is 0 Å². The second-order valence-corrected chi connectivity index (χ2v) is 3.52. The summed E-state index contributed by atoms with van der Waals surface area (Å²) < 4.78 is 4.62. The zero-order chi connectivity index (χ0) is 12.0. The Morgan fingerprint density at radius 1 is 1.31 bits per heavy atom. The maximum atomic E-state index is 11.4. The van der Waals surface area contributed by atoms with Crippen molar-refractivity contribution in [3.8, 4) is 0 Å². The number of rotatable bonds is 4. The van der Waals surface area contributed by atoms with Gasteiger partial charge in [-0.2, -0.15) is 5.06 Å². The van der Waals surface area contributed by atoms with E-state index < -0.39 is 6.09 Å². The average Bonchev–Trinajstić information content (AvgIpc) is 2.31. The van der Waals surface area contributed by atoms with E-state index in [0.717, 1.165) is 12.0 Å². The van der Waals surface area contributed by atoms with Gasteiger partial charge >= 0.3 is 6.09 Å². The third-order valence-corrected chi connectivity index (χ3v) is 2.33. The smallest absolute Gasteiger partial charge is 0.433 e. The molecule has 0 aliphatic carbocycles. The van der Waals surface area contributed by atoms with Crippen LogP contribution in [-0.4, -0.2) is 31.4 Å². The summed E-state index contributed by atoms with van der Waals surface area (Å²) >= 11 is 0. The molecule has 0 aliphatic rings. The molecule has 0 unspecified atom stereocenters. The fourth-order valence-corrected chi connectivity index (χ4v) is 1.56. The van der Waals surface area contributed by atoms with Crippen LogP contribution in [0.15, 0.2) is 30.3 Å². The summed E-state index contributed by atoms with van der Waals surface area (Å²) in [6, 6.07) is 9.86. The highest BCUT2D eigenvalue weighted by molar-refractivity contribution is 5.66. The van der Waals surface area contributed by atoms with Crippen molar-refractivity contribution in [2.75, 3.05) is 14.2 Å². The molecule has 16 heavy (non-hydrogen) atoms. The summed E-state index contributed by atoms with van der Waals surface area (Å²) in [7, 11) is 2.79. The number of ether oxygens (including phenoxy) is 1. The van der Waals surface area contributed by atoms with Gasteiger partial charge in [-0.3, -0.25) is 4.84 Å². The minimum atomic E-state index is -0.481. The lowest BCUT2D eigenvalue weighted by Gasteiger charge is -2.24. The minimum absolute atomic E-state index is 0.0696. The van der Waals surface area contributed by atoms with Crippen molar-refractivity contribution in [1.82, 2.24) is 5.06 Å². The molecule has 1 aromatic rings. The first-order chi connectivity index (χ1) is 7.69. The third kappa shape index (κ3) is 3.24. The summed E-state index contributed by atoms with van der Waals surface area (Å²) in [4.78, 5) is 16.3. The number of amides is 1. The van der Waals surface area contributed by atoms with Gasteiger partial charge in [0.1, 0.15) is 0 Å². The molecule has 0 bridgehead atoms. The van der Waals surface area contributed by atoms with Crippen LogP contribution in [0.25, 0.3) is 0 Å². The van der Waals surface area contributed by atoms with Crippen LogP contribution in [-0.2, 0) is 16.0 Å². The first-order valence-electron chi connectivity index (χ1n) is 5.14. The van der Waals surface area contributed by atoms with E-state index in [-0.39, 0.29) is 6.04 Å². The highest BCUT2D eigenvalue weighted by atomic mass is 16.7. The summed E-state index contributed by atoms with van der Waals surface area (Å²) in [5.41, 5.74) is 1.15. The Bertz CT molecular complexity index is 326. The molecule has 1 rings (SSSR count). The Hall–Kier alpha value is -1.55. The van der Waals surface area contributed by atoms with E-state index >= 15 is 0 Å². The molecule has 1 amide bonds. The maximum Gasteiger partial charge on any atom is 0.433 e. The second kappa shape index (κ2) is 6.12. The Labute approximate surface area is 95.7 Å². The third-order valence-electron chi connectivity index (χ3n) is 2.33. The lowest BCUT2D eigenvalue weighted by atomic mass is 10.1. The van der Waals surface area contributed by atoms with Crippen molar-refractivity contribution in [2.45, 2.75) is 19.4 Å². The Kier molecular flexibility index (Phi) is 4.79. The molecule has 0 aliphatic heterocycles. The molecular weight excluding hydrogens is 206 g/mol. The van der Waals surface area contributed by atoms with Gasteiger partial charge in [-0.05, 0) is 18.9 Å². The molecule has 1 atom stereocenters. The van der Waals surface area contributed by atoms with Crippen molar-refractivity contribution in [3.63, 3.8) is 0 Å². The summed E-state index contributed by atoms with van der Waals surface area (Å²) in [6.45, 7) is 1.91. The maximum absolute atomic E-state index is 11.4. The predicted molar refractivity (Wildman–Crippen MR) is 60.9 cm³/mol. The predicted octanol–water partition coefficient (Wildman–Crippen LogP) is 2.25. The van der Waals surface area contributed by atoms with Gasteiger partial charge in [0.05, 0.1) is 20.3 Å². The number of benzene rings is 1. The van der Waals surface area contributed by atoms with E-state index in [1.165, 1.54) is 19.3 Å². The van der Waals surface area contributed by atoms with Crippen LogP contribution in [0.3, 0.4) is 0 Å². The standard InChI is InChI=1S/C12H17NO3/c1-10(13(16-3)12(14)15-2)9-11-7-5-4-6-8-11/h4-8,10H,9H2,1-3H3/t10-/m1/s1. The normalized spacial score (nSPS) is 11.9. The van der Waals surface area contributed by atoms with Crippen molar-refractivity contribution in [3.05, 3.63) is 35.9 Å². The van der Waals surface area contributed by atoms with Gasteiger partial charge in [-0.1, -0.05) is 30.3 Å². The number of hydrogen-bond donors (Lipinski definition) is 0. The molecule has 88 valence electrons. The van der Waals surface area contributed by atoms with Crippen LogP contribution in [0.2, 0.25) is 0 Å².